The zero-order chi connectivity index (χ0) is 20.9. The van der Waals surface area contributed by atoms with Crippen LogP contribution in [-0.2, 0) is 4.52 Å². The lowest BCUT2D eigenvalue weighted by molar-refractivity contribution is 0.346. The molecule has 0 saturated carbocycles. The summed E-state index contributed by atoms with van der Waals surface area (Å²) in [6.07, 6.45) is 0. The Hall–Kier alpha value is -2.24. The van der Waals surface area contributed by atoms with Gasteiger partial charge in [-0.2, -0.15) is 0 Å². The highest BCUT2D eigenvalue weighted by atomic mass is 32.2. The predicted molar refractivity (Wildman–Crippen MR) is 134 cm³/mol. The molecule has 2 fully saturated rings. The Morgan fingerprint density at radius 2 is 1.32 bits per heavy atom. The van der Waals surface area contributed by atoms with Crippen molar-refractivity contribution in [3.63, 3.8) is 0 Å². The number of rotatable bonds is 9. The lowest BCUT2D eigenvalue weighted by Gasteiger charge is -2.30. The largest absolute Gasteiger partial charge is 0.371 e. The first-order valence-electron chi connectivity index (χ1n) is 10.7. The van der Waals surface area contributed by atoms with Crippen LogP contribution < -0.4 is 20.0 Å². The molecule has 2 aliphatic rings. The van der Waals surface area contributed by atoms with E-state index in [1.165, 1.54) is 17.1 Å². The van der Waals surface area contributed by atoms with Gasteiger partial charge < -0.3 is 24.5 Å². The van der Waals surface area contributed by atoms with Crippen molar-refractivity contribution in [2.75, 3.05) is 40.9 Å². The van der Waals surface area contributed by atoms with Crippen LogP contribution in [0.4, 0.5) is 17.1 Å². The van der Waals surface area contributed by atoms with Gasteiger partial charge in [-0.05, 0) is 36.4 Å². The standard InChI is InChI=1S/C24H27N4OPS/c1-4-10-20(11-5-1)26-24-23(31-24)25-16-19-29-30-27(21-12-6-2-7-13-21)17-18-28(30)22-14-8-3-9-15-22/h1-15,23-26H,16-19H2. The predicted octanol–water partition coefficient (Wildman–Crippen LogP) is 5.36. The molecule has 2 saturated heterocycles. The topological polar surface area (TPSA) is 39.8 Å². The fourth-order valence-corrected chi connectivity index (χ4v) is 6.48. The summed E-state index contributed by atoms with van der Waals surface area (Å²) in [5.74, 6) is 0. The molecule has 2 N–H and O–H groups in total. The minimum atomic E-state index is -0.882. The molecule has 0 spiro atoms. The van der Waals surface area contributed by atoms with E-state index < -0.39 is 8.45 Å². The number of hydrogen-bond acceptors (Lipinski definition) is 6. The Morgan fingerprint density at radius 1 is 0.774 bits per heavy atom. The van der Waals surface area contributed by atoms with E-state index >= 15 is 0 Å². The Balaban J connectivity index is 1.16. The number of hydrogen-bond donors (Lipinski definition) is 2. The molecule has 0 bridgehead atoms. The molecule has 0 aromatic heterocycles. The first-order valence-corrected chi connectivity index (χ1v) is 12.8. The summed E-state index contributed by atoms with van der Waals surface area (Å²) in [7, 11) is -0.882. The van der Waals surface area contributed by atoms with Crippen molar-refractivity contribution in [1.82, 2.24) is 5.32 Å². The second kappa shape index (κ2) is 9.92. The molecular formula is C24H27N4OPS. The van der Waals surface area contributed by atoms with Crippen molar-refractivity contribution in [2.24, 2.45) is 0 Å². The third kappa shape index (κ3) is 5.16. The van der Waals surface area contributed by atoms with Crippen molar-refractivity contribution in [1.29, 1.82) is 0 Å². The van der Waals surface area contributed by atoms with Gasteiger partial charge in [0.25, 0.3) is 0 Å². The maximum Gasteiger partial charge on any atom is 0.248 e. The number of thioether (sulfide) groups is 1. The molecule has 160 valence electrons. The highest BCUT2D eigenvalue weighted by molar-refractivity contribution is 8.07. The van der Waals surface area contributed by atoms with Crippen LogP contribution in [0.1, 0.15) is 0 Å². The molecule has 3 aromatic carbocycles. The maximum absolute atomic E-state index is 6.49. The summed E-state index contributed by atoms with van der Waals surface area (Å²) in [6.45, 7) is 3.47. The van der Waals surface area contributed by atoms with E-state index in [0.29, 0.717) is 17.4 Å². The van der Waals surface area contributed by atoms with Crippen molar-refractivity contribution in [3.8, 4) is 0 Å². The van der Waals surface area contributed by atoms with Crippen molar-refractivity contribution in [2.45, 2.75) is 10.7 Å². The van der Waals surface area contributed by atoms with Crippen LogP contribution in [0.2, 0.25) is 0 Å². The van der Waals surface area contributed by atoms with Gasteiger partial charge in [0.1, 0.15) is 0 Å². The van der Waals surface area contributed by atoms with Crippen molar-refractivity contribution < 1.29 is 4.52 Å². The van der Waals surface area contributed by atoms with Crippen LogP contribution >= 0.6 is 20.2 Å². The lowest BCUT2D eigenvalue weighted by atomic mass is 10.3. The smallest absolute Gasteiger partial charge is 0.248 e. The summed E-state index contributed by atoms with van der Waals surface area (Å²) in [4.78, 5) is 0. The van der Waals surface area contributed by atoms with Gasteiger partial charge in [-0.15, -0.1) is 11.8 Å². The van der Waals surface area contributed by atoms with Crippen molar-refractivity contribution in [3.05, 3.63) is 91.0 Å². The molecule has 3 aromatic rings. The second-order valence-corrected chi connectivity index (χ2v) is 10.5. The molecule has 7 heteroatoms. The summed E-state index contributed by atoms with van der Waals surface area (Å²) < 4.78 is 11.3. The molecule has 31 heavy (non-hydrogen) atoms. The quantitative estimate of drug-likeness (QED) is 0.260. The van der Waals surface area contributed by atoms with Crippen LogP contribution in [0.15, 0.2) is 91.0 Å². The van der Waals surface area contributed by atoms with E-state index in [4.69, 9.17) is 4.52 Å². The van der Waals surface area contributed by atoms with Crippen LogP contribution in [-0.4, -0.2) is 37.0 Å². The van der Waals surface area contributed by atoms with E-state index in [2.05, 4.69) is 105 Å². The maximum atomic E-state index is 6.49. The van der Waals surface area contributed by atoms with Gasteiger partial charge in [0.05, 0.1) is 17.4 Å². The lowest BCUT2D eigenvalue weighted by Crippen LogP contribution is -2.27. The van der Waals surface area contributed by atoms with Crippen LogP contribution in [0.3, 0.4) is 0 Å². The molecule has 5 rings (SSSR count). The van der Waals surface area contributed by atoms with Gasteiger partial charge in [-0.25, -0.2) is 0 Å². The third-order valence-corrected chi connectivity index (χ3v) is 8.48. The number of nitrogens with one attached hydrogen (secondary N) is 2. The van der Waals surface area contributed by atoms with Gasteiger partial charge in [0, 0.05) is 36.7 Å². The molecule has 0 amide bonds. The first-order chi connectivity index (χ1) is 15.4. The van der Waals surface area contributed by atoms with Crippen LogP contribution in [0, 0.1) is 0 Å². The molecule has 0 aliphatic carbocycles. The molecular weight excluding hydrogens is 423 g/mol. The zero-order valence-electron chi connectivity index (χ0n) is 17.3. The fourth-order valence-electron chi connectivity index (χ4n) is 3.69. The van der Waals surface area contributed by atoms with Crippen molar-refractivity contribution >= 4 is 37.3 Å². The average Bonchev–Trinajstić information content (AvgIpc) is 3.42. The van der Waals surface area contributed by atoms with E-state index in [0.717, 1.165) is 19.6 Å². The van der Waals surface area contributed by atoms with E-state index in [1.807, 2.05) is 17.8 Å². The summed E-state index contributed by atoms with van der Waals surface area (Å²) in [5.41, 5.74) is 3.63. The third-order valence-electron chi connectivity index (χ3n) is 5.27. The molecule has 0 radical (unpaired) electrons. The van der Waals surface area contributed by atoms with Crippen LogP contribution in [0.25, 0.3) is 0 Å². The molecule has 2 heterocycles. The summed E-state index contributed by atoms with van der Waals surface area (Å²) >= 11 is 1.92. The Kier molecular flexibility index (Phi) is 6.61. The zero-order valence-corrected chi connectivity index (χ0v) is 19.0. The minimum absolute atomic E-state index is 0.432. The summed E-state index contributed by atoms with van der Waals surface area (Å²) in [5, 5.41) is 8.03. The van der Waals surface area contributed by atoms with Gasteiger partial charge in [-0.1, -0.05) is 54.6 Å². The molecule has 2 aliphatic heterocycles. The first kappa shape index (κ1) is 20.7. The second-order valence-electron chi connectivity index (χ2n) is 7.45. The highest BCUT2D eigenvalue weighted by Gasteiger charge is 2.38. The Labute approximate surface area is 189 Å². The van der Waals surface area contributed by atoms with Gasteiger partial charge in [-0.3, -0.25) is 0 Å². The number of anilines is 3. The van der Waals surface area contributed by atoms with E-state index in [1.54, 1.807) is 0 Å². The Morgan fingerprint density at radius 3 is 1.90 bits per heavy atom. The van der Waals surface area contributed by atoms with E-state index in [9.17, 15) is 0 Å². The number of benzene rings is 3. The normalized spacial score (nSPS) is 20.8. The van der Waals surface area contributed by atoms with Crippen LogP contribution in [0.5, 0.6) is 0 Å². The Bertz CT molecular complexity index is 902. The molecule has 5 nitrogen and oxygen atoms in total. The summed E-state index contributed by atoms with van der Waals surface area (Å²) in [6, 6.07) is 31.6. The highest BCUT2D eigenvalue weighted by Crippen LogP contribution is 2.53. The number of para-hydroxylation sites is 3. The SMILES string of the molecule is c1ccc(NC2SC2NCCOP2N(c3ccccc3)CCN2c2ccccc2)cc1. The number of nitrogens with zero attached hydrogens (tertiary/aromatic N) is 2. The molecule has 2 atom stereocenters. The van der Waals surface area contributed by atoms with Gasteiger partial charge in [0.2, 0.25) is 8.45 Å². The fraction of sp³-hybridized carbons (Fsp3) is 0.250. The average molecular weight is 451 g/mol. The minimum Gasteiger partial charge on any atom is -0.371 e. The van der Waals surface area contributed by atoms with Gasteiger partial charge >= 0.3 is 0 Å². The molecule has 2 unspecified atom stereocenters. The monoisotopic (exact) mass is 450 g/mol. The van der Waals surface area contributed by atoms with Gasteiger partial charge in [0.15, 0.2) is 0 Å². The van der Waals surface area contributed by atoms with E-state index in [-0.39, 0.29) is 0 Å².